The third-order valence-electron chi connectivity index (χ3n) is 2.84. The van der Waals surface area contributed by atoms with E-state index < -0.39 is 5.91 Å². The highest BCUT2D eigenvalue weighted by Gasteiger charge is 2.16. The van der Waals surface area contributed by atoms with Gasteiger partial charge in [0, 0.05) is 11.4 Å². The maximum Gasteiger partial charge on any atom is 0.240 e. The van der Waals surface area contributed by atoms with Gasteiger partial charge in [-0.15, -0.1) is 11.3 Å². The van der Waals surface area contributed by atoms with Gasteiger partial charge < -0.3 is 11.1 Å². The lowest BCUT2D eigenvalue weighted by molar-refractivity contribution is -0.121. The molecule has 1 heterocycles. The van der Waals surface area contributed by atoms with Crippen molar-refractivity contribution in [2.75, 3.05) is 25.0 Å². The molecule has 0 aliphatic heterocycles. The number of nitrogens with one attached hydrogen (secondary N) is 1. The Labute approximate surface area is 129 Å². The minimum absolute atomic E-state index is 0.0860. The molecule has 1 rings (SSSR count). The van der Waals surface area contributed by atoms with Crippen molar-refractivity contribution in [2.45, 2.75) is 34.1 Å². The second kappa shape index (κ2) is 8.09. The number of hydrogen-bond donors (Lipinski definition) is 2. The summed E-state index contributed by atoms with van der Waals surface area (Å²) in [4.78, 5) is 30.4. The van der Waals surface area contributed by atoms with Crippen LogP contribution in [0, 0.1) is 12.8 Å². The van der Waals surface area contributed by atoms with Crippen LogP contribution in [0.2, 0.25) is 0 Å². The molecule has 21 heavy (non-hydrogen) atoms. The smallest absolute Gasteiger partial charge is 0.240 e. The van der Waals surface area contributed by atoms with Crippen LogP contribution in [0.1, 0.15) is 31.3 Å². The van der Waals surface area contributed by atoms with Crippen LogP contribution in [0.5, 0.6) is 0 Å². The first-order valence-electron chi connectivity index (χ1n) is 7.08. The van der Waals surface area contributed by atoms with E-state index in [4.69, 9.17) is 5.73 Å². The maximum absolute atomic E-state index is 12.1. The van der Waals surface area contributed by atoms with E-state index in [1.807, 2.05) is 27.7 Å². The largest absolute Gasteiger partial charge is 0.369 e. The number of aromatic nitrogens is 1. The van der Waals surface area contributed by atoms with Gasteiger partial charge in [-0.25, -0.2) is 4.98 Å². The molecule has 0 radical (unpaired) electrons. The van der Waals surface area contributed by atoms with Gasteiger partial charge in [-0.3, -0.25) is 14.5 Å². The molecule has 118 valence electrons. The topological polar surface area (TPSA) is 88.3 Å². The van der Waals surface area contributed by atoms with E-state index in [0.29, 0.717) is 17.6 Å². The van der Waals surface area contributed by atoms with Crippen LogP contribution in [0.3, 0.4) is 0 Å². The zero-order valence-corrected chi connectivity index (χ0v) is 13.9. The molecule has 0 saturated heterocycles. The zero-order chi connectivity index (χ0) is 16.0. The lowest BCUT2D eigenvalue weighted by Crippen LogP contribution is -2.41. The average Bonchev–Trinajstić information content (AvgIpc) is 2.67. The number of rotatable bonds is 8. The highest BCUT2D eigenvalue weighted by Crippen LogP contribution is 2.22. The van der Waals surface area contributed by atoms with Crippen molar-refractivity contribution >= 4 is 28.3 Å². The van der Waals surface area contributed by atoms with Crippen LogP contribution in [0.15, 0.2) is 0 Å². The molecule has 0 bridgehead atoms. The van der Waals surface area contributed by atoms with Gasteiger partial charge in [-0.1, -0.05) is 20.8 Å². The third-order valence-corrected chi connectivity index (χ3v) is 3.77. The summed E-state index contributed by atoms with van der Waals surface area (Å²) in [6.07, 6.45) is 0.847. The first kappa shape index (κ1) is 17.6. The van der Waals surface area contributed by atoms with E-state index in [2.05, 4.69) is 10.3 Å². The summed E-state index contributed by atoms with van der Waals surface area (Å²) in [6.45, 7) is 8.96. The highest BCUT2D eigenvalue weighted by molar-refractivity contribution is 7.15. The fourth-order valence-electron chi connectivity index (χ4n) is 2.09. The maximum atomic E-state index is 12.1. The minimum atomic E-state index is -0.429. The molecule has 0 aromatic carbocycles. The van der Waals surface area contributed by atoms with E-state index in [1.54, 1.807) is 4.90 Å². The predicted molar refractivity (Wildman–Crippen MR) is 85.3 cm³/mol. The number of anilines is 1. The van der Waals surface area contributed by atoms with Crippen LogP contribution < -0.4 is 11.1 Å². The molecule has 0 fully saturated rings. The van der Waals surface area contributed by atoms with E-state index in [9.17, 15) is 9.59 Å². The number of carbonyl (C=O) groups is 2. The first-order valence-corrected chi connectivity index (χ1v) is 7.90. The Balaban J connectivity index is 2.61. The molecule has 0 atom stereocenters. The fourth-order valence-corrected chi connectivity index (χ4v) is 3.01. The van der Waals surface area contributed by atoms with Crippen molar-refractivity contribution in [3.8, 4) is 0 Å². The third kappa shape index (κ3) is 6.22. The number of aryl methyl sites for hydroxylation is 2. The Morgan fingerprint density at radius 3 is 2.52 bits per heavy atom. The van der Waals surface area contributed by atoms with Gasteiger partial charge in [0.05, 0.1) is 18.8 Å². The Morgan fingerprint density at radius 2 is 2.05 bits per heavy atom. The lowest BCUT2D eigenvalue weighted by Gasteiger charge is -2.21. The standard InChI is InChI=1S/C14H24N4O2S/c1-5-11-10(4)21-14(16-11)17-13(20)8-18(6-9(2)3)7-12(15)19/h9H,5-8H2,1-4H3,(H2,15,19)(H,16,17,20). The number of nitrogens with two attached hydrogens (primary N) is 1. The number of thiazole rings is 1. The second-order valence-electron chi connectivity index (χ2n) is 5.45. The molecular formula is C14H24N4O2S. The molecule has 7 heteroatoms. The molecule has 0 aliphatic carbocycles. The molecule has 0 saturated carbocycles. The van der Waals surface area contributed by atoms with Gasteiger partial charge in [0.25, 0.3) is 0 Å². The molecule has 3 N–H and O–H groups in total. The second-order valence-corrected chi connectivity index (χ2v) is 6.66. The van der Waals surface area contributed by atoms with Gasteiger partial charge in [-0.05, 0) is 19.3 Å². The summed E-state index contributed by atoms with van der Waals surface area (Å²) in [5.74, 6) is -0.249. The number of hydrogen-bond acceptors (Lipinski definition) is 5. The Hall–Kier alpha value is -1.47. The average molecular weight is 312 g/mol. The van der Waals surface area contributed by atoms with Crippen molar-refractivity contribution in [3.05, 3.63) is 10.6 Å². The Morgan fingerprint density at radius 1 is 1.38 bits per heavy atom. The van der Waals surface area contributed by atoms with Crippen molar-refractivity contribution in [1.29, 1.82) is 0 Å². The fraction of sp³-hybridized carbons (Fsp3) is 0.643. The summed E-state index contributed by atoms with van der Waals surface area (Å²) in [5, 5.41) is 3.40. The van der Waals surface area contributed by atoms with E-state index in [-0.39, 0.29) is 19.0 Å². The van der Waals surface area contributed by atoms with Gasteiger partial charge in [0.1, 0.15) is 0 Å². The quantitative estimate of drug-likeness (QED) is 0.759. The van der Waals surface area contributed by atoms with Gasteiger partial charge in [0.15, 0.2) is 5.13 Å². The van der Waals surface area contributed by atoms with Crippen LogP contribution >= 0.6 is 11.3 Å². The first-order chi connectivity index (χ1) is 9.81. The number of primary amides is 1. The van der Waals surface area contributed by atoms with Crippen LogP contribution in [0.4, 0.5) is 5.13 Å². The predicted octanol–water partition coefficient (Wildman–Crippen LogP) is 1.40. The van der Waals surface area contributed by atoms with Crippen molar-refractivity contribution in [1.82, 2.24) is 9.88 Å². The van der Waals surface area contributed by atoms with Gasteiger partial charge in [0.2, 0.25) is 11.8 Å². The van der Waals surface area contributed by atoms with Crippen LogP contribution in [0.25, 0.3) is 0 Å². The van der Waals surface area contributed by atoms with E-state index in [1.165, 1.54) is 11.3 Å². The summed E-state index contributed by atoms with van der Waals surface area (Å²) >= 11 is 1.47. The molecule has 1 aromatic rings. The zero-order valence-electron chi connectivity index (χ0n) is 13.1. The molecule has 2 amide bonds. The van der Waals surface area contributed by atoms with Crippen molar-refractivity contribution < 1.29 is 9.59 Å². The van der Waals surface area contributed by atoms with Crippen LogP contribution in [-0.4, -0.2) is 41.3 Å². The summed E-state index contributed by atoms with van der Waals surface area (Å²) < 4.78 is 0. The van der Waals surface area contributed by atoms with Crippen LogP contribution in [-0.2, 0) is 16.0 Å². The summed E-state index contributed by atoms with van der Waals surface area (Å²) in [7, 11) is 0. The number of amides is 2. The number of carbonyl (C=O) groups excluding carboxylic acids is 2. The van der Waals surface area contributed by atoms with E-state index >= 15 is 0 Å². The summed E-state index contributed by atoms with van der Waals surface area (Å²) in [6, 6.07) is 0. The molecular weight excluding hydrogens is 288 g/mol. The Bertz CT molecular complexity index is 499. The van der Waals surface area contributed by atoms with Gasteiger partial charge in [-0.2, -0.15) is 0 Å². The van der Waals surface area contributed by atoms with Crippen molar-refractivity contribution in [2.24, 2.45) is 11.7 Å². The SMILES string of the molecule is CCc1nc(NC(=O)CN(CC(N)=O)CC(C)C)sc1C. The Kier molecular flexibility index (Phi) is 6.77. The highest BCUT2D eigenvalue weighted by atomic mass is 32.1. The molecule has 1 aromatic heterocycles. The lowest BCUT2D eigenvalue weighted by atomic mass is 10.2. The molecule has 0 unspecified atom stereocenters. The molecule has 0 spiro atoms. The normalized spacial score (nSPS) is 11.1. The van der Waals surface area contributed by atoms with E-state index in [0.717, 1.165) is 17.0 Å². The minimum Gasteiger partial charge on any atom is -0.369 e. The molecule has 6 nitrogen and oxygen atoms in total. The van der Waals surface area contributed by atoms with Crippen molar-refractivity contribution in [3.63, 3.8) is 0 Å². The number of nitrogens with zero attached hydrogens (tertiary/aromatic N) is 2. The van der Waals surface area contributed by atoms with Gasteiger partial charge >= 0.3 is 0 Å². The molecule has 0 aliphatic rings. The monoisotopic (exact) mass is 312 g/mol. The summed E-state index contributed by atoms with van der Waals surface area (Å²) in [5.41, 5.74) is 6.22.